The first-order chi connectivity index (χ1) is 22.3. The standard InChI is InChI=1S/C42H26N2O/c1-2-11-27(12-3-1)28-21-24-40-34(25-28)42-39(19-10-20-41(42)45-40)44-37-18-9-6-15-32(37)33-26-29(22-23-38(33)44)43-35-16-7-4-13-30(35)31-14-5-8-17-36(31)43/h1-26H. The fourth-order valence-corrected chi connectivity index (χ4v) is 7.36. The van der Waals surface area contributed by atoms with Crippen LogP contribution in [0.15, 0.2) is 162 Å². The molecule has 10 aromatic rings. The number of hydrogen-bond donors (Lipinski definition) is 0. The lowest BCUT2D eigenvalue weighted by molar-refractivity contribution is 0.669. The molecule has 0 bridgehead atoms. The van der Waals surface area contributed by atoms with Gasteiger partial charge in [-0.3, -0.25) is 0 Å². The summed E-state index contributed by atoms with van der Waals surface area (Å²) in [7, 11) is 0. The van der Waals surface area contributed by atoms with Crippen LogP contribution in [0.1, 0.15) is 0 Å². The predicted octanol–water partition coefficient (Wildman–Crippen LogP) is 11.4. The van der Waals surface area contributed by atoms with E-state index in [4.69, 9.17) is 4.42 Å². The molecule has 3 heterocycles. The molecular formula is C42H26N2O. The molecule has 0 fully saturated rings. The molecule has 0 saturated heterocycles. The summed E-state index contributed by atoms with van der Waals surface area (Å²) in [5.74, 6) is 0. The Kier molecular flexibility index (Phi) is 5.00. The van der Waals surface area contributed by atoms with Gasteiger partial charge >= 0.3 is 0 Å². The van der Waals surface area contributed by atoms with Crippen LogP contribution in [0.5, 0.6) is 0 Å². The van der Waals surface area contributed by atoms with Crippen LogP contribution in [0, 0.1) is 0 Å². The molecule has 0 atom stereocenters. The summed E-state index contributed by atoms with van der Waals surface area (Å²) in [5, 5.41) is 7.23. The van der Waals surface area contributed by atoms with Gasteiger partial charge in [0.05, 0.1) is 33.1 Å². The van der Waals surface area contributed by atoms with E-state index in [0.29, 0.717) is 0 Å². The highest BCUT2D eigenvalue weighted by Crippen LogP contribution is 2.41. The number of furan rings is 1. The van der Waals surface area contributed by atoms with Gasteiger partial charge in [0.1, 0.15) is 11.2 Å². The Labute approximate surface area is 258 Å². The molecule has 210 valence electrons. The quantitative estimate of drug-likeness (QED) is 0.206. The van der Waals surface area contributed by atoms with E-state index in [1.807, 2.05) is 0 Å². The van der Waals surface area contributed by atoms with Crippen LogP contribution < -0.4 is 0 Å². The molecule has 10 rings (SSSR count). The summed E-state index contributed by atoms with van der Waals surface area (Å²) in [6.45, 7) is 0. The minimum absolute atomic E-state index is 0.889. The van der Waals surface area contributed by atoms with Gasteiger partial charge in [-0.2, -0.15) is 0 Å². The van der Waals surface area contributed by atoms with E-state index in [1.165, 1.54) is 54.7 Å². The summed E-state index contributed by atoms with van der Waals surface area (Å²) in [6.07, 6.45) is 0. The third-order valence-electron chi connectivity index (χ3n) is 9.32. The highest BCUT2D eigenvalue weighted by Gasteiger charge is 2.19. The van der Waals surface area contributed by atoms with Crippen LogP contribution in [-0.2, 0) is 0 Å². The zero-order valence-corrected chi connectivity index (χ0v) is 24.3. The number of benzene rings is 7. The zero-order chi connectivity index (χ0) is 29.5. The molecule has 0 spiro atoms. The van der Waals surface area contributed by atoms with Gasteiger partial charge in [-0.15, -0.1) is 0 Å². The summed E-state index contributed by atoms with van der Waals surface area (Å²) in [4.78, 5) is 0. The van der Waals surface area contributed by atoms with Crippen molar-refractivity contribution in [2.75, 3.05) is 0 Å². The minimum Gasteiger partial charge on any atom is -0.456 e. The predicted molar refractivity (Wildman–Crippen MR) is 188 cm³/mol. The van der Waals surface area contributed by atoms with Gasteiger partial charge in [0.25, 0.3) is 0 Å². The first-order valence-corrected chi connectivity index (χ1v) is 15.4. The van der Waals surface area contributed by atoms with Crippen molar-refractivity contribution >= 4 is 65.6 Å². The summed E-state index contributed by atoms with van der Waals surface area (Å²) in [6, 6.07) is 56.5. The maximum absolute atomic E-state index is 6.44. The fourth-order valence-electron chi connectivity index (χ4n) is 7.36. The molecule has 7 aromatic carbocycles. The van der Waals surface area contributed by atoms with Crippen molar-refractivity contribution in [3.63, 3.8) is 0 Å². The SMILES string of the molecule is c1ccc(-c2ccc3oc4cccc(-n5c6ccccc6c6cc(-n7c8ccccc8c8ccccc87)ccc65)c4c3c2)cc1. The van der Waals surface area contributed by atoms with Crippen LogP contribution in [0.2, 0.25) is 0 Å². The minimum atomic E-state index is 0.889. The second kappa shape index (κ2) is 9.22. The van der Waals surface area contributed by atoms with Crippen LogP contribution in [0.4, 0.5) is 0 Å². The number of nitrogens with zero attached hydrogens (tertiary/aromatic N) is 2. The highest BCUT2D eigenvalue weighted by molar-refractivity contribution is 6.16. The normalized spacial score (nSPS) is 12.0. The number of aromatic nitrogens is 2. The van der Waals surface area contributed by atoms with Gasteiger partial charge in [0, 0.05) is 32.6 Å². The lowest BCUT2D eigenvalue weighted by atomic mass is 10.0. The first-order valence-electron chi connectivity index (χ1n) is 15.4. The van der Waals surface area contributed by atoms with Gasteiger partial charge in [-0.1, -0.05) is 97.1 Å². The number of para-hydroxylation sites is 3. The smallest absolute Gasteiger partial charge is 0.137 e. The van der Waals surface area contributed by atoms with E-state index in [0.717, 1.165) is 33.3 Å². The third kappa shape index (κ3) is 3.46. The Bertz CT molecular complexity index is 2710. The molecule has 0 aliphatic rings. The van der Waals surface area contributed by atoms with E-state index in [-0.39, 0.29) is 0 Å². The monoisotopic (exact) mass is 574 g/mol. The molecule has 0 unspecified atom stereocenters. The number of hydrogen-bond acceptors (Lipinski definition) is 1. The molecule has 0 amide bonds. The van der Waals surface area contributed by atoms with Crippen LogP contribution in [0.25, 0.3) is 88.1 Å². The second-order valence-electron chi connectivity index (χ2n) is 11.8. The maximum Gasteiger partial charge on any atom is 0.137 e. The molecule has 0 aliphatic carbocycles. The molecule has 0 N–H and O–H groups in total. The van der Waals surface area contributed by atoms with Gasteiger partial charge < -0.3 is 13.6 Å². The highest BCUT2D eigenvalue weighted by atomic mass is 16.3. The average molecular weight is 575 g/mol. The second-order valence-corrected chi connectivity index (χ2v) is 11.8. The first kappa shape index (κ1) is 24.4. The van der Waals surface area contributed by atoms with E-state index < -0.39 is 0 Å². The van der Waals surface area contributed by atoms with Gasteiger partial charge in [-0.25, -0.2) is 0 Å². The molecule has 0 aliphatic heterocycles. The molecule has 45 heavy (non-hydrogen) atoms. The number of rotatable bonds is 3. The fraction of sp³-hybridized carbons (Fsp3) is 0. The Morgan fingerprint density at radius 1 is 0.356 bits per heavy atom. The van der Waals surface area contributed by atoms with Crippen molar-refractivity contribution in [2.45, 2.75) is 0 Å². The van der Waals surface area contributed by atoms with Crippen molar-refractivity contribution in [1.29, 1.82) is 0 Å². The summed E-state index contributed by atoms with van der Waals surface area (Å²) >= 11 is 0. The van der Waals surface area contributed by atoms with E-state index in [1.54, 1.807) is 0 Å². The lowest BCUT2D eigenvalue weighted by Gasteiger charge is -2.11. The van der Waals surface area contributed by atoms with Crippen LogP contribution in [-0.4, -0.2) is 9.13 Å². The number of fused-ring (bicyclic) bond motifs is 9. The topological polar surface area (TPSA) is 23.0 Å². The van der Waals surface area contributed by atoms with Crippen molar-refractivity contribution in [2.24, 2.45) is 0 Å². The van der Waals surface area contributed by atoms with Gasteiger partial charge in [0.2, 0.25) is 0 Å². The van der Waals surface area contributed by atoms with Gasteiger partial charge in [0.15, 0.2) is 0 Å². The van der Waals surface area contributed by atoms with Crippen molar-refractivity contribution in [3.8, 4) is 22.5 Å². The Morgan fingerprint density at radius 3 is 1.71 bits per heavy atom. The van der Waals surface area contributed by atoms with E-state index in [2.05, 4.69) is 167 Å². The Balaban J connectivity index is 1.26. The van der Waals surface area contributed by atoms with Crippen molar-refractivity contribution < 1.29 is 4.42 Å². The Morgan fingerprint density at radius 2 is 0.978 bits per heavy atom. The average Bonchev–Trinajstić information content (AvgIpc) is 3.76. The van der Waals surface area contributed by atoms with Gasteiger partial charge in [-0.05, 0) is 71.8 Å². The molecule has 0 radical (unpaired) electrons. The molecule has 0 saturated carbocycles. The maximum atomic E-state index is 6.44. The van der Waals surface area contributed by atoms with Crippen molar-refractivity contribution in [1.82, 2.24) is 9.13 Å². The lowest BCUT2D eigenvalue weighted by Crippen LogP contribution is -1.96. The van der Waals surface area contributed by atoms with Crippen LogP contribution in [0.3, 0.4) is 0 Å². The molecule has 3 nitrogen and oxygen atoms in total. The van der Waals surface area contributed by atoms with E-state index in [9.17, 15) is 0 Å². The zero-order valence-electron chi connectivity index (χ0n) is 24.3. The van der Waals surface area contributed by atoms with Crippen LogP contribution >= 0.6 is 0 Å². The van der Waals surface area contributed by atoms with Crippen molar-refractivity contribution in [3.05, 3.63) is 158 Å². The molecule has 3 heteroatoms. The molecular weight excluding hydrogens is 548 g/mol. The third-order valence-corrected chi connectivity index (χ3v) is 9.32. The van der Waals surface area contributed by atoms with E-state index >= 15 is 0 Å². The molecule has 3 aromatic heterocycles. The summed E-state index contributed by atoms with van der Waals surface area (Å²) in [5.41, 5.74) is 11.2. The Hall–Kier alpha value is -6.06. The summed E-state index contributed by atoms with van der Waals surface area (Å²) < 4.78 is 11.2. The largest absolute Gasteiger partial charge is 0.456 e.